The molecule has 0 atom stereocenters. The van der Waals surface area contributed by atoms with Gasteiger partial charge in [0.2, 0.25) is 11.9 Å². The number of carbonyl (C=O) groups excluding carboxylic acids is 2. The zero-order valence-electron chi connectivity index (χ0n) is 16.4. The molecule has 1 fully saturated rings. The van der Waals surface area contributed by atoms with Crippen molar-refractivity contribution >= 4 is 29.3 Å². The molecule has 1 saturated heterocycles. The number of piperazine rings is 1. The second-order valence-corrected chi connectivity index (χ2v) is 6.61. The Morgan fingerprint density at radius 3 is 2.39 bits per heavy atom. The molecule has 0 unspecified atom stereocenters. The summed E-state index contributed by atoms with van der Waals surface area (Å²) in [5.41, 5.74) is 2.14. The van der Waals surface area contributed by atoms with Gasteiger partial charge < -0.3 is 19.9 Å². The number of rotatable bonds is 5. The third kappa shape index (κ3) is 4.76. The molecule has 0 radical (unpaired) electrons. The lowest BCUT2D eigenvalue weighted by molar-refractivity contribution is -0.129. The van der Waals surface area contributed by atoms with Gasteiger partial charge in [0.1, 0.15) is 5.82 Å². The maximum absolute atomic E-state index is 11.7. The van der Waals surface area contributed by atoms with Crippen LogP contribution in [-0.4, -0.2) is 59.5 Å². The van der Waals surface area contributed by atoms with Crippen LogP contribution in [0.1, 0.15) is 29.9 Å². The number of ether oxygens (including phenoxy) is 1. The molecule has 1 aromatic heterocycles. The predicted molar refractivity (Wildman–Crippen MR) is 107 cm³/mol. The van der Waals surface area contributed by atoms with Crippen LogP contribution in [0.3, 0.4) is 0 Å². The minimum atomic E-state index is -0.340. The van der Waals surface area contributed by atoms with Gasteiger partial charge in [0.05, 0.1) is 12.2 Å². The molecule has 0 saturated carbocycles. The summed E-state index contributed by atoms with van der Waals surface area (Å²) in [6.45, 7) is 8.51. The van der Waals surface area contributed by atoms with E-state index in [1.807, 2.05) is 17.9 Å². The quantitative estimate of drug-likeness (QED) is 0.793. The molecule has 1 amide bonds. The Bertz CT molecular complexity index is 845. The lowest BCUT2D eigenvalue weighted by atomic mass is 10.2. The van der Waals surface area contributed by atoms with Crippen LogP contribution < -0.4 is 10.2 Å². The van der Waals surface area contributed by atoms with Gasteiger partial charge in [0.25, 0.3) is 0 Å². The molecule has 1 aliphatic heterocycles. The summed E-state index contributed by atoms with van der Waals surface area (Å²) in [6, 6.07) is 8.95. The number of hydrogen-bond acceptors (Lipinski definition) is 7. The highest BCUT2D eigenvalue weighted by Gasteiger charge is 2.20. The van der Waals surface area contributed by atoms with E-state index in [1.54, 1.807) is 38.1 Å². The number of amides is 1. The molecule has 0 spiro atoms. The van der Waals surface area contributed by atoms with Crippen molar-refractivity contribution in [2.45, 2.75) is 20.8 Å². The van der Waals surface area contributed by atoms with E-state index < -0.39 is 0 Å². The summed E-state index contributed by atoms with van der Waals surface area (Å²) in [6.07, 6.45) is 0. The van der Waals surface area contributed by atoms with Crippen LogP contribution in [0.2, 0.25) is 0 Å². The monoisotopic (exact) mass is 383 g/mol. The molecule has 1 N–H and O–H groups in total. The van der Waals surface area contributed by atoms with E-state index in [-0.39, 0.29) is 11.9 Å². The standard InChI is InChI=1S/C20H25N5O3/c1-4-28-19(27)16-5-7-17(8-6-16)22-20-21-14(2)13-18(23-20)25-11-9-24(10-12-25)15(3)26/h5-8,13H,4,9-12H2,1-3H3,(H,21,22,23). The summed E-state index contributed by atoms with van der Waals surface area (Å²) in [5.74, 6) is 1.09. The molecular formula is C20H25N5O3. The fraction of sp³-hybridized carbons (Fsp3) is 0.400. The van der Waals surface area contributed by atoms with Gasteiger partial charge in [-0.1, -0.05) is 0 Å². The molecule has 148 valence electrons. The summed E-state index contributed by atoms with van der Waals surface area (Å²) in [7, 11) is 0. The first kappa shape index (κ1) is 19.6. The summed E-state index contributed by atoms with van der Waals surface area (Å²) in [5, 5.41) is 3.18. The lowest BCUT2D eigenvalue weighted by Crippen LogP contribution is -2.48. The van der Waals surface area contributed by atoms with E-state index in [2.05, 4.69) is 20.2 Å². The Labute approximate surface area is 164 Å². The average molecular weight is 383 g/mol. The highest BCUT2D eigenvalue weighted by molar-refractivity contribution is 5.89. The van der Waals surface area contributed by atoms with Crippen LogP contribution in [0.15, 0.2) is 30.3 Å². The molecular weight excluding hydrogens is 358 g/mol. The second kappa shape index (κ2) is 8.69. The maximum Gasteiger partial charge on any atom is 0.338 e. The van der Waals surface area contributed by atoms with Gasteiger partial charge in [-0.05, 0) is 38.1 Å². The van der Waals surface area contributed by atoms with Crippen LogP contribution in [0.25, 0.3) is 0 Å². The normalized spacial score (nSPS) is 14.0. The second-order valence-electron chi connectivity index (χ2n) is 6.61. The van der Waals surface area contributed by atoms with Gasteiger partial charge in [0.15, 0.2) is 0 Å². The zero-order chi connectivity index (χ0) is 20.1. The SMILES string of the molecule is CCOC(=O)c1ccc(Nc2nc(C)cc(N3CCN(C(C)=O)CC3)n2)cc1. The van der Waals surface area contributed by atoms with Crippen molar-refractivity contribution in [1.82, 2.24) is 14.9 Å². The van der Waals surface area contributed by atoms with E-state index in [9.17, 15) is 9.59 Å². The van der Waals surface area contributed by atoms with Gasteiger partial charge in [-0.3, -0.25) is 4.79 Å². The first-order valence-corrected chi connectivity index (χ1v) is 9.36. The number of aromatic nitrogens is 2. The highest BCUT2D eigenvalue weighted by atomic mass is 16.5. The van der Waals surface area contributed by atoms with Crippen LogP contribution in [0, 0.1) is 6.92 Å². The van der Waals surface area contributed by atoms with E-state index in [4.69, 9.17) is 4.74 Å². The molecule has 1 aromatic carbocycles. The summed E-state index contributed by atoms with van der Waals surface area (Å²) < 4.78 is 4.99. The number of aryl methyl sites for hydroxylation is 1. The number of hydrogen-bond donors (Lipinski definition) is 1. The van der Waals surface area contributed by atoms with Crippen LogP contribution in [0.4, 0.5) is 17.5 Å². The van der Waals surface area contributed by atoms with Crippen molar-refractivity contribution in [1.29, 1.82) is 0 Å². The van der Waals surface area contributed by atoms with Gasteiger partial charge in [-0.25, -0.2) is 9.78 Å². The highest BCUT2D eigenvalue weighted by Crippen LogP contribution is 2.20. The number of nitrogens with one attached hydrogen (secondary N) is 1. The molecule has 8 nitrogen and oxygen atoms in total. The maximum atomic E-state index is 11.7. The zero-order valence-corrected chi connectivity index (χ0v) is 16.4. The van der Waals surface area contributed by atoms with Crippen molar-refractivity contribution < 1.29 is 14.3 Å². The van der Waals surface area contributed by atoms with E-state index in [0.29, 0.717) is 31.2 Å². The summed E-state index contributed by atoms with van der Waals surface area (Å²) in [4.78, 5) is 36.3. The molecule has 2 heterocycles. The number of carbonyl (C=O) groups is 2. The van der Waals surface area contributed by atoms with Crippen molar-refractivity contribution in [2.24, 2.45) is 0 Å². The van der Waals surface area contributed by atoms with Gasteiger partial charge in [-0.15, -0.1) is 0 Å². The summed E-state index contributed by atoms with van der Waals surface area (Å²) >= 11 is 0. The van der Waals surface area contributed by atoms with Crippen LogP contribution in [-0.2, 0) is 9.53 Å². The van der Waals surface area contributed by atoms with Crippen LogP contribution in [0.5, 0.6) is 0 Å². The van der Waals surface area contributed by atoms with Crippen molar-refractivity contribution in [2.75, 3.05) is 43.0 Å². The lowest BCUT2D eigenvalue weighted by Gasteiger charge is -2.35. The fourth-order valence-electron chi connectivity index (χ4n) is 3.05. The van der Waals surface area contributed by atoms with Gasteiger partial charge in [-0.2, -0.15) is 4.98 Å². The largest absolute Gasteiger partial charge is 0.462 e. The third-order valence-electron chi connectivity index (χ3n) is 4.54. The number of anilines is 3. The van der Waals surface area contributed by atoms with Crippen molar-refractivity contribution in [3.05, 3.63) is 41.6 Å². The van der Waals surface area contributed by atoms with Crippen molar-refractivity contribution in [3.8, 4) is 0 Å². The molecule has 1 aliphatic rings. The first-order chi connectivity index (χ1) is 13.5. The molecule has 28 heavy (non-hydrogen) atoms. The van der Waals surface area contributed by atoms with E-state index in [1.165, 1.54) is 0 Å². The third-order valence-corrected chi connectivity index (χ3v) is 4.54. The fourth-order valence-corrected chi connectivity index (χ4v) is 3.05. The number of nitrogens with zero attached hydrogens (tertiary/aromatic N) is 4. The molecule has 0 aliphatic carbocycles. The number of esters is 1. The topological polar surface area (TPSA) is 87.7 Å². The first-order valence-electron chi connectivity index (χ1n) is 9.36. The van der Waals surface area contributed by atoms with Gasteiger partial charge >= 0.3 is 5.97 Å². The average Bonchev–Trinajstić information content (AvgIpc) is 2.68. The smallest absolute Gasteiger partial charge is 0.338 e. The van der Waals surface area contributed by atoms with Gasteiger partial charge in [0, 0.05) is 50.6 Å². The van der Waals surface area contributed by atoms with Crippen LogP contribution >= 0.6 is 0 Å². The number of benzene rings is 1. The molecule has 0 bridgehead atoms. The molecule has 2 aromatic rings. The Hall–Kier alpha value is -3.16. The Balaban J connectivity index is 1.70. The minimum absolute atomic E-state index is 0.104. The Morgan fingerprint density at radius 1 is 1.11 bits per heavy atom. The van der Waals surface area contributed by atoms with Crippen molar-refractivity contribution in [3.63, 3.8) is 0 Å². The Kier molecular flexibility index (Phi) is 6.08. The molecule has 3 rings (SSSR count). The minimum Gasteiger partial charge on any atom is -0.462 e. The predicted octanol–water partition coefficient (Wildman–Crippen LogP) is 2.37. The van der Waals surface area contributed by atoms with E-state index in [0.717, 1.165) is 30.3 Å². The molecule has 8 heteroatoms. The Morgan fingerprint density at radius 2 is 1.79 bits per heavy atom. The van der Waals surface area contributed by atoms with E-state index >= 15 is 0 Å².